The Balaban J connectivity index is 1.54. The van der Waals surface area contributed by atoms with Crippen molar-refractivity contribution in [3.05, 3.63) is 41.2 Å². The summed E-state index contributed by atoms with van der Waals surface area (Å²) in [5.74, 6) is -2.23. The number of amides is 1. The number of rotatable bonds is 8. The predicted octanol–water partition coefficient (Wildman–Crippen LogP) is 3.16. The number of ether oxygens (including phenoxy) is 1. The minimum absolute atomic E-state index is 0.114. The molecule has 0 radical (unpaired) electrons. The summed E-state index contributed by atoms with van der Waals surface area (Å²) in [5, 5.41) is 2.70. The number of carbonyl (C=O) groups excluding carboxylic acids is 2. The normalized spacial score (nSPS) is 17.6. The van der Waals surface area contributed by atoms with Gasteiger partial charge in [0.2, 0.25) is 10.0 Å². The number of halogens is 1. The number of nitrogens with zero attached hydrogens (tertiary/aromatic N) is 1. The van der Waals surface area contributed by atoms with Crippen molar-refractivity contribution in [2.45, 2.75) is 56.3 Å². The smallest absolute Gasteiger partial charge is 0.338 e. The van der Waals surface area contributed by atoms with E-state index in [9.17, 15) is 22.4 Å². The molecule has 1 amide bonds. The first-order chi connectivity index (χ1) is 14.9. The van der Waals surface area contributed by atoms with Crippen LogP contribution in [0.2, 0.25) is 0 Å². The van der Waals surface area contributed by atoms with Crippen LogP contribution in [0, 0.1) is 5.82 Å². The Bertz CT molecular complexity index is 939. The van der Waals surface area contributed by atoms with E-state index in [2.05, 4.69) is 11.4 Å². The van der Waals surface area contributed by atoms with E-state index in [0.717, 1.165) is 56.7 Å². The van der Waals surface area contributed by atoms with Gasteiger partial charge >= 0.3 is 5.97 Å². The van der Waals surface area contributed by atoms with Gasteiger partial charge in [-0.2, -0.15) is 4.31 Å². The van der Waals surface area contributed by atoms with Gasteiger partial charge in [0.1, 0.15) is 10.7 Å². The van der Waals surface area contributed by atoms with Crippen molar-refractivity contribution < 1.29 is 27.1 Å². The molecule has 1 aromatic carbocycles. The fourth-order valence-electron chi connectivity index (χ4n) is 3.83. The summed E-state index contributed by atoms with van der Waals surface area (Å²) in [7, 11) is -4.04. The molecule has 0 atom stereocenters. The van der Waals surface area contributed by atoms with E-state index in [1.165, 1.54) is 22.7 Å². The molecule has 1 fully saturated rings. The Morgan fingerprint density at radius 3 is 2.58 bits per heavy atom. The molecule has 2 aliphatic rings. The highest BCUT2D eigenvalue weighted by Crippen LogP contribution is 2.24. The van der Waals surface area contributed by atoms with E-state index in [1.54, 1.807) is 0 Å². The maximum Gasteiger partial charge on any atom is 0.338 e. The van der Waals surface area contributed by atoms with Crippen LogP contribution in [-0.2, 0) is 19.6 Å². The summed E-state index contributed by atoms with van der Waals surface area (Å²) >= 11 is 0. The zero-order valence-electron chi connectivity index (χ0n) is 17.6. The fourth-order valence-corrected chi connectivity index (χ4v) is 5.44. The number of sulfonamides is 1. The lowest BCUT2D eigenvalue weighted by molar-refractivity contribution is -0.124. The van der Waals surface area contributed by atoms with E-state index in [4.69, 9.17) is 4.74 Å². The topological polar surface area (TPSA) is 92.8 Å². The molecule has 0 aromatic heterocycles. The third-order valence-electron chi connectivity index (χ3n) is 5.59. The minimum atomic E-state index is -4.04. The summed E-state index contributed by atoms with van der Waals surface area (Å²) in [6.45, 7) is 0.640. The van der Waals surface area contributed by atoms with Crippen molar-refractivity contribution in [2.24, 2.45) is 0 Å². The number of nitrogens with one attached hydrogen (secondary N) is 1. The maximum absolute atomic E-state index is 14.3. The molecule has 1 heterocycles. The highest BCUT2D eigenvalue weighted by Gasteiger charge is 2.29. The van der Waals surface area contributed by atoms with Crippen molar-refractivity contribution in [2.75, 3.05) is 26.2 Å². The zero-order valence-corrected chi connectivity index (χ0v) is 18.4. The van der Waals surface area contributed by atoms with Gasteiger partial charge in [-0.05, 0) is 63.1 Å². The van der Waals surface area contributed by atoms with Crippen LogP contribution in [0.25, 0.3) is 0 Å². The third-order valence-corrected chi connectivity index (χ3v) is 7.50. The number of benzene rings is 1. The molecule has 1 aliphatic carbocycles. The van der Waals surface area contributed by atoms with E-state index >= 15 is 0 Å². The van der Waals surface area contributed by atoms with E-state index < -0.39 is 39.2 Å². The van der Waals surface area contributed by atoms with Crippen LogP contribution in [0.5, 0.6) is 0 Å². The van der Waals surface area contributed by atoms with Crippen LogP contribution >= 0.6 is 0 Å². The van der Waals surface area contributed by atoms with Gasteiger partial charge < -0.3 is 10.1 Å². The van der Waals surface area contributed by atoms with Gasteiger partial charge in [0.05, 0.1) is 5.56 Å². The van der Waals surface area contributed by atoms with Crippen molar-refractivity contribution in [3.8, 4) is 0 Å². The first kappa shape index (κ1) is 23.4. The van der Waals surface area contributed by atoms with Gasteiger partial charge in [0.25, 0.3) is 5.91 Å². The molecule has 1 N–H and O–H groups in total. The molecule has 1 aliphatic heterocycles. The van der Waals surface area contributed by atoms with E-state index in [1.807, 2.05) is 0 Å². The Kier molecular flexibility index (Phi) is 8.20. The number of hydrogen-bond donors (Lipinski definition) is 1. The van der Waals surface area contributed by atoms with Crippen molar-refractivity contribution >= 4 is 21.9 Å². The standard InChI is InChI=1S/C22H29FN2O5S/c23-19-10-9-18(15-20(19)31(28,29)25-13-5-2-6-14-25)22(27)30-16-21(26)24-12-11-17-7-3-1-4-8-17/h7,9-10,15H,1-6,8,11-14,16H2,(H,24,26). The lowest BCUT2D eigenvalue weighted by atomic mass is 9.97. The van der Waals surface area contributed by atoms with Crippen molar-refractivity contribution in [1.82, 2.24) is 9.62 Å². The average Bonchev–Trinajstić information content (AvgIpc) is 2.79. The van der Waals surface area contributed by atoms with Crippen LogP contribution in [-0.4, -0.2) is 50.8 Å². The second-order valence-electron chi connectivity index (χ2n) is 7.89. The first-order valence-corrected chi connectivity index (χ1v) is 12.2. The number of carbonyl (C=O) groups is 2. The molecule has 1 aromatic rings. The first-order valence-electron chi connectivity index (χ1n) is 10.8. The fraction of sp³-hybridized carbons (Fsp3) is 0.545. The van der Waals surface area contributed by atoms with E-state index in [0.29, 0.717) is 19.6 Å². The largest absolute Gasteiger partial charge is 0.452 e. The Morgan fingerprint density at radius 2 is 1.87 bits per heavy atom. The lowest BCUT2D eigenvalue weighted by Gasteiger charge is -2.26. The lowest BCUT2D eigenvalue weighted by Crippen LogP contribution is -2.36. The Morgan fingerprint density at radius 1 is 1.10 bits per heavy atom. The monoisotopic (exact) mass is 452 g/mol. The number of allylic oxidation sites excluding steroid dienone is 1. The molecule has 170 valence electrons. The van der Waals surface area contributed by atoms with Crippen LogP contribution in [0.3, 0.4) is 0 Å². The summed E-state index contributed by atoms with van der Waals surface area (Å²) in [6.07, 6.45) is 9.85. The SMILES string of the molecule is O=C(COC(=O)c1ccc(F)c(S(=O)(=O)N2CCCCC2)c1)NCCC1=CCCCC1. The zero-order chi connectivity index (χ0) is 22.3. The molecule has 0 spiro atoms. The molecule has 31 heavy (non-hydrogen) atoms. The molecule has 0 saturated carbocycles. The number of esters is 1. The van der Waals surface area contributed by atoms with Crippen LogP contribution in [0.15, 0.2) is 34.7 Å². The van der Waals surface area contributed by atoms with Crippen molar-refractivity contribution in [1.29, 1.82) is 0 Å². The Hall–Kier alpha value is -2.26. The maximum atomic E-state index is 14.3. The molecular weight excluding hydrogens is 423 g/mol. The molecule has 3 rings (SSSR count). The molecule has 0 unspecified atom stereocenters. The van der Waals surface area contributed by atoms with Gasteiger partial charge in [0, 0.05) is 19.6 Å². The third kappa shape index (κ3) is 6.36. The van der Waals surface area contributed by atoms with Crippen molar-refractivity contribution in [3.63, 3.8) is 0 Å². The number of hydrogen-bond acceptors (Lipinski definition) is 5. The molecular formula is C22H29FN2O5S. The van der Waals surface area contributed by atoms with Gasteiger partial charge in [-0.3, -0.25) is 4.79 Å². The molecule has 1 saturated heterocycles. The van der Waals surface area contributed by atoms with Crippen LogP contribution < -0.4 is 5.32 Å². The summed E-state index contributed by atoms with van der Waals surface area (Å²) < 4.78 is 46.0. The van der Waals surface area contributed by atoms with Gasteiger partial charge in [-0.1, -0.05) is 18.1 Å². The summed E-state index contributed by atoms with van der Waals surface area (Å²) in [6, 6.07) is 3.07. The van der Waals surface area contributed by atoms with Crippen LogP contribution in [0.1, 0.15) is 61.7 Å². The second kappa shape index (κ2) is 10.9. The predicted molar refractivity (Wildman–Crippen MR) is 113 cm³/mol. The molecule has 9 heteroatoms. The highest BCUT2D eigenvalue weighted by atomic mass is 32.2. The van der Waals surface area contributed by atoms with Gasteiger partial charge in [0.15, 0.2) is 6.61 Å². The summed E-state index contributed by atoms with van der Waals surface area (Å²) in [4.78, 5) is 23.7. The highest BCUT2D eigenvalue weighted by molar-refractivity contribution is 7.89. The van der Waals surface area contributed by atoms with Gasteiger partial charge in [-0.15, -0.1) is 0 Å². The number of piperidine rings is 1. The van der Waals surface area contributed by atoms with Crippen LogP contribution in [0.4, 0.5) is 4.39 Å². The quantitative estimate of drug-likeness (QED) is 0.483. The van der Waals surface area contributed by atoms with E-state index in [-0.39, 0.29) is 5.56 Å². The average molecular weight is 453 g/mol. The minimum Gasteiger partial charge on any atom is -0.452 e. The second-order valence-corrected chi connectivity index (χ2v) is 9.80. The Labute approximate surface area is 182 Å². The molecule has 7 nitrogen and oxygen atoms in total. The van der Waals surface area contributed by atoms with Gasteiger partial charge in [-0.25, -0.2) is 17.6 Å². The molecule has 0 bridgehead atoms. The summed E-state index contributed by atoms with van der Waals surface area (Å²) in [5.41, 5.74) is 1.22.